The van der Waals surface area contributed by atoms with Crippen LogP contribution >= 0.6 is 0 Å². The van der Waals surface area contributed by atoms with Crippen molar-refractivity contribution in [2.45, 2.75) is 0 Å². The molecule has 0 aromatic heterocycles. The zero-order valence-corrected chi connectivity index (χ0v) is 7.44. The molecule has 0 unspecified atom stereocenters. The summed E-state index contributed by atoms with van der Waals surface area (Å²) in [6, 6.07) is 0. The third kappa shape index (κ3) is 1.63. The van der Waals surface area contributed by atoms with Gasteiger partial charge in [0.25, 0.3) is 0 Å². The van der Waals surface area contributed by atoms with E-state index >= 15 is 0 Å². The van der Waals surface area contributed by atoms with Crippen LogP contribution in [0.25, 0.3) is 0 Å². The van der Waals surface area contributed by atoms with Crippen LogP contribution in [-0.4, -0.2) is 15.5 Å². The first-order chi connectivity index (χ1) is 6.50. The second kappa shape index (κ2) is 4.02. The third-order valence-corrected chi connectivity index (χ3v) is 1.67. The van der Waals surface area contributed by atoms with Crippen molar-refractivity contribution < 1.29 is 29.5 Å². The maximum atomic E-state index is 12.6. The summed E-state index contributed by atoms with van der Waals surface area (Å²) in [5, 5.41) is 0. The quantitative estimate of drug-likeness (QED) is 0.332. The first-order valence-corrected chi connectivity index (χ1v) is 4.06. The minimum absolute atomic E-state index is 1.52. The van der Waals surface area contributed by atoms with E-state index in [2.05, 4.69) is 3.79 Å². The maximum absolute atomic E-state index is 12.6. The SMILES string of the molecule is [O]=[Al][O]c1c(F)c(F)c(F)c(F)c1F. The molecule has 0 fully saturated rings. The van der Waals surface area contributed by atoms with Crippen LogP contribution in [0.15, 0.2) is 0 Å². The summed E-state index contributed by atoms with van der Waals surface area (Å²) in [4.78, 5) is 0. The van der Waals surface area contributed by atoms with E-state index in [-0.39, 0.29) is 0 Å². The van der Waals surface area contributed by atoms with Crippen LogP contribution in [0.5, 0.6) is 5.75 Å². The van der Waals surface area contributed by atoms with E-state index in [0.717, 1.165) is 0 Å². The number of hydrogen-bond donors (Lipinski definition) is 0. The van der Waals surface area contributed by atoms with Crippen LogP contribution < -0.4 is 3.79 Å². The summed E-state index contributed by atoms with van der Waals surface area (Å²) < 4.78 is 76.1. The van der Waals surface area contributed by atoms with Gasteiger partial charge in [0.1, 0.15) is 0 Å². The zero-order valence-electron chi connectivity index (χ0n) is 6.28. The molecule has 0 heterocycles. The van der Waals surface area contributed by atoms with Crippen molar-refractivity contribution in [2.75, 3.05) is 0 Å². The molecule has 0 saturated heterocycles. The topological polar surface area (TPSA) is 26.3 Å². The number of benzene rings is 1. The Balaban J connectivity index is 3.50. The van der Waals surface area contributed by atoms with Crippen molar-refractivity contribution >= 4 is 15.5 Å². The normalized spacial score (nSPS) is 9.79. The predicted octanol–water partition coefficient (Wildman–Crippen LogP) is 1.73. The zero-order chi connectivity index (χ0) is 10.9. The van der Waals surface area contributed by atoms with Gasteiger partial charge in [-0.1, -0.05) is 0 Å². The predicted molar refractivity (Wildman–Crippen MR) is 33.3 cm³/mol. The molecular weight excluding hydrogens is 226 g/mol. The van der Waals surface area contributed by atoms with Crippen LogP contribution in [-0.2, 0) is 3.80 Å². The molecule has 0 aliphatic carbocycles. The summed E-state index contributed by atoms with van der Waals surface area (Å²) in [5.74, 6) is -12.3. The van der Waals surface area contributed by atoms with E-state index in [1.54, 1.807) is 0 Å². The van der Waals surface area contributed by atoms with Crippen molar-refractivity contribution in [3.05, 3.63) is 29.1 Å². The van der Waals surface area contributed by atoms with Crippen LogP contribution in [0, 0.1) is 29.1 Å². The molecule has 0 saturated carbocycles. The summed E-state index contributed by atoms with van der Waals surface area (Å²) in [6.07, 6.45) is 0. The van der Waals surface area contributed by atoms with Gasteiger partial charge >= 0.3 is 79.9 Å². The van der Waals surface area contributed by atoms with Gasteiger partial charge in [0.05, 0.1) is 0 Å². The molecule has 8 heteroatoms. The van der Waals surface area contributed by atoms with Gasteiger partial charge in [-0.15, -0.1) is 0 Å². The van der Waals surface area contributed by atoms with Gasteiger partial charge in [-0.2, -0.15) is 0 Å². The molecule has 1 rings (SSSR count). The van der Waals surface area contributed by atoms with E-state index in [1.807, 2.05) is 0 Å². The average molecular weight is 226 g/mol. The van der Waals surface area contributed by atoms with Crippen LogP contribution in [0.4, 0.5) is 22.0 Å². The number of halogens is 5. The van der Waals surface area contributed by atoms with Crippen molar-refractivity contribution in [1.82, 2.24) is 0 Å². The van der Waals surface area contributed by atoms with Crippen LogP contribution in [0.2, 0.25) is 0 Å². The molecule has 0 N–H and O–H groups in total. The molecule has 0 aliphatic rings. The van der Waals surface area contributed by atoms with Crippen LogP contribution in [0.1, 0.15) is 0 Å². The number of rotatable bonds is 2. The molecule has 1 aromatic rings. The molecule has 74 valence electrons. The van der Waals surface area contributed by atoms with Crippen LogP contribution in [0.3, 0.4) is 0 Å². The molecule has 14 heavy (non-hydrogen) atoms. The van der Waals surface area contributed by atoms with Crippen molar-refractivity contribution in [2.24, 2.45) is 0 Å². The molecule has 0 amide bonds. The van der Waals surface area contributed by atoms with Gasteiger partial charge in [-0.25, -0.2) is 0 Å². The monoisotopic (exact) mass is 226 g/mol. The van der Waals surface area contributed by atoms with Crippen molar-refractivity contribution in [1.29, 1.82) is 0 Å². The summed E-state index contributed by atoms with van der Waals surface area (Å²) >= 11 is -2.11. The Morgan fingerprint density at radius 1 is 0.786 bits per heavy atom. The van der Waals surface area contributed by atoms with E-state index in [0.29, 0.717) is 0 Å². The first kappa shape index (κ1) is 11.1. The Morgan fingerprint density at radius 2 is 1.14 bits per heavy atom. The molecule has 0 aliphatic heterocycles. The fourth-order valence-corrected chi connectivity index (χ4v) is 1.04. The fraction of sp³-hybridized carbons (Fsp3) is 0. The van der Waals surface area contributed by atoms with Gasteiger partial charge in [0.2, 0.25) is 0 Å². The molecule has 0 bridgehead atoms. The fourth-order valence-electron chi connectivity index (χ4n) is 0.736. The molecule has 0 spiro atoms. The second-order valence-corrected chi connectivity index (χ2v) is 2.54. The van der Waals surface area contributed by atoms with Gasteiger partial charge in [0.15, 0.2) is 0 Å². The van der Waals surface area contributed by atoms with Gasteiger partial charge in [0, 0.05) is 0 Å². The third-order valence-electron chi connectivity index (χ3n) is 1.34. The Hall–Kier alpha value is -0.998. The van der Waals surface area contributed by atoms with Gasteiger partial charge in [-0.05, 0) is 0 Å². The van der Waals surface area contributed by atoms with E-state index < -0.39 is 50.3 Å². The molecular formula is C6AlF5O2. The molecule has 2 nitrogen and oxygen atoms in total. The average Bonchev–Trinajstić information content (AvgIpc) is 2.19. The van der Waals surface area contributed by atoms with Crippen molar-refractivity contribution in [3.63, 3.8) is 0 Å². The summed E-state index contributed by atoms with van der Waals surface area (Å²) in [5.41, 5.74) is 0. The first-order valence-electron chi connectivity index (χ1n) is 3.12. The molecule has 0 atom stereocenters. The standard InChI is InChI=1S/C6HF5O.Al.O/c7-1-2(8)4(10)6(12)5(11)3(1)9;;/h12H;;/q;+1;/p-1. The van der Waals surface area contributed by atoms with Crippen molar-refractivity contribution in [3.8, 4) is 5.75 Å². The Bertz CT molecular complexity index is 365. The summed E-state index contributed by atoms with van der Waals surface area (Å²) in [7, 11) is 0. The minimum atomic E-state index is -2.28. The van der Waals surface area contributed by atoms with Gasteiger partial charge in [-0.3, -0.25) is 0 Å². The number of hydrogen-bond acceptors (Lipinski definition) is 2. The Morgan fingerprint density at radius 3 is 1.50 bits per heavy atom. The van der Waals surface area contributed by atoms with E-state index in [9.17, 15) is 25.8 Å². The Labute approximate surface area is 80.5 Å². The summed E-state index contributed by atoms with van der Waals surface area (Å²) in [6.45, 7) is 0. The van der Waals surface area contributed by atoms with E-state index in [4.69, 9.17) is 0 Å². The Kier molecular flexibility index (Phi) is 3.18. The molecule has 1 aromatic carbocycles. The van der Waals surface area contributed by atoms with Gasteiger partial charge < -0.3 is 0 Å². The second-order valence-electron chi connectivity index (χ2n) is 2.11. The van der Waals surface area contributed by atoms with E-state index in [1.165, 1.54) is 0 Å². The molecule has 0 radical (unpaired) electrons.